The second-order valence-electron chi connectivity index (χ2n) is 27.4. The van der Waals surface area contributed by atoms with Gasteiger partial charge in [-0.3, -0.25) is 9.59 Å². The minimum absolute atomic E-state index is 0.0219. The van der Waals surface area contributed by atoms with Crippen molar-refractivity contribution >= 4 is 11.9 Å². The first kappa shape index (κ1) is 84.3. The summed E-state index contributed by atoms with van der Waals surface area (Å²) >= 11 is 0. The first-order valence-electron chi connectivity index (χ1n) is 39.6. The molecule has 2 atom stereocenters. The summed E-state index contributed by atoms with van der Waals surface area (Å²) in [6.07, 6.45) is 97.2. The number of nitrogens with one attached hydrogen (secondary N) is 1. The first-order valence-corrected chi connectivity index (χ1v) is 39.6. The lowest BCUT2D eigenvalue weighted by atomic mass is 10.0. The number of carbonyl (C=O) groups is 2. The van der Waals surface area contributed by atoms with Gasteiger partial charge in [0.15, 0.2) is 0 Å². The van der Waals surface area contributed by atoms with Crippen LogP contribution in [0, 0.1) is 0 Å². The third-order valence-electron chi connectivity index (χ3n) is 18.7. The van der Waals surface area contributed by atoms with Gasteiger partial charge in [0.2, 0.25) is 5.91 Å². The van der Waals surface area contributed by atoms with Crippen LogP contribution in [0.3, 0.4) is 0 Å². The number of aliphatic hydroxyl groups is 2. The Hall–Kier alpha value is -1.66. The SMILES string of the molecule is CCCCCCCCCCCCCCCCCCCCCC/C=C/C(O)C(CO)NC(=O)CCCCCCCCCCCCCCCC/C=C\CCCCCCCCCCCCCCOC(=O)CCCCCCCCCCCCCCCCCCC. The highest BCUT2D eigenvalue weighted by molar-refractivity contribution is 5.76. The molecule has 0 fully saturated rings. The van der Waals surface area contributed by atoms with Crippen molar-refractivity contribution < 1.29 is 24.5 Å². The maximum atomic E-state index is 12.5. The Balaban J connectivity index is 3.37. The van der Waals surface area contributed by atoms with Gasteiger partial charge in [-0.05, 0) is 57.8 Å². The lowest BCUT2D eigenvalue weighted by molar-refractivity contribution is -0.143. The molecule has 0 aliphatic carbocycles. The number of allylic oxidation sites excluding steroid dienone is 3. The van der Waals surface area contributed by atoms with Gasteiger partial charge in [-0.25, -0.2) is 0 Å². The maximum Gasteiger partial charge on any atom is 0.305 e. The zero-order chi connectivity index (χ0) is 62.0. The van der Waals surface area contributed by atoms with Gasteiger partial charge in [0.25, 0.3) is 0 Å². The van der Waals surface area contributed by atoms with Gasteiger partial charge >= 0.3 is 5.97 Å². The molecular formula is C80H155NO5. The van der Waals surface area contributed by atoms with E-state index in [0.29, 0.717) is 19.4 Å². The molecule has 0 aliphatic heterocycles. The molecule has 6 heteroatoms. The minimum Gasteiger partial charge on any atom is -0.466 e. The summed E-state index contributed by atoms with van der Waals surface area (Å²) < 4.78 is 5.51. The molecule has 0 heterocycles. The third kappa shape index (κ3) is 71.4. The van der Waals surface area contributed by atoms with Crippen LogP contribution < -0.4 is 5.32 Å². The lowest BCUT2D eigenvalue weighted by Gasteiger charge is -2.20. The summed E-state index contributed by atoms with van der Waals surface area (Å²) in [6, 6.07) is -0.628. The molecule has 0 aromatic rings. The summed E-state index contributed by atoms with van der Waals surface area (Å²) in [6.45, 7) is 4.96. The number of rotatable bonds is 75. The number of aliphatic hydroxyl groups excluding tert-OH is 2. The molecule has 0 aromatic carbocycles. The van der Waals surface area contributed by atoms with Crippen LogP contribution in [0.2, 0.25) is 0 Å². The highest BCUT2D eigenvalue weighted by atomic mass is 16.5. The van der Waals surface area contributed by atoms with Crippen LogP contribution in [0.5, 0.6) is 0 Å². The summed E-state index contributed by atoms with van der Waals surface area (Å²) in [5.41, 5.74) is 0. The van der Waals surface area contributed by atoms with E-state index in [4.69, 9.17) is 4.74 Å². The summed E-state index contributed by atoms with van der Waals surface area (Å²) in [5.74, 6) is -0.0397. The number of hydrogen-bond donors (Lipinski definition) is 3. The molecule has 86 heavy (non-hydrogen) atoms. The van der Waals surface area contributed by atoms with Crippen LogP contribution >= 0.6 is 0 Å². The molecule has 510 valence electrons. The Morgan fingerprint density at radius 2 is 0.547 bits per heavy atom. The molecule has 0 radical (unpaired) electrons. The molecule has 3 N–H and O–H groups in total. The predicted molar refractivity (Wildman–Crippen MR) is 380 cm³/mol. The van der Waals surface area contributed by atoms with Crippen molar-refractivity contribution in [2.24, 2.45) is 0 Å². The van der Waals surface area contributed by atoms with Crippen molar-refractivity contribution in [1.29, 1.82) is 0 Å². The second-order valence-corrected chi connectivity index (χ2v) is 27.4. The molecule has 0 aliphatic rings. The van der Waals surface area contributed by atoms with Crippen molar-refractivity contribution in [2.45, 2.75) is 463 Å². The topological polar surface area (TPSA) is 95.9 Å². The van der Waals surface area contributed by atoms with Crippen LogP contribution in [0.1, 0.15) is 450 Å². The molecule has 1 amide bonds. The lowest BCUT2D eigenvalue weighted by Crippen LogP contribution is -2.45. The smallest absolute Gasteiger partial charge is 0.305 e. The second kappa shape index (κ2) is 75.8. The molecule has 2 unspecified atom stereocenters. The number of carbonyl (C=O) groups excluding carboxylic acids is 2. The Morgan fingerprint density at radius 1 is 0.314 bits per heavy atom. The minimum atomic E-state index is -0.845. The first-order chi connectivity index (χ1) is 42.5. The van der Waals surface area contributed by atoms with Crippen LogP contribution in [-0.4, -0.2) is 47.4 Å². The van der Waals surface area contributed by atoms with E-state index in [0.717, 1.165) is 38.5 Å². The number of ether oxygens (including phenoxy) is 1. The quantitative estimate of drug-likeness (QED) is 0.0320. The van der Waals surface area contributed by atoms with Crippen molar-refractivity contribution in [3.63, 3.8) is 0 Å². The van der Waals surface area contributed by atoms with Crippen LogP contribution in [0.15, 0.2) is 24.3 Å². The molecule has 0 aromatic heterocycles. The van der Waals surface area contributed by atoms with E-state index in [9.17, 15) is 19.8 Å². The molecule has 0 saturated heterocycles. The highest BCUT2D eigenvalue weighted by Gasteiger charge is 2.18. The number of hydrogen-bond acceptors (Lipinski definition) is 5. The van der Waals surface area contributed by atoms with E-state index >= 15 is 0 Å². The van der Waals surface area contributed by atoms with Crippen LogP contribution in [0.25, 0.3) is 0 Å². The van der Waals surface area contributed by atoms with E-state index in [1.807, 2.05) is 6.08 Å². The number of esters is 1. The van der Waals surface area contributed by atoms with Crippen molar-refractivity contribution in [3.05, 3.63) is 24.3 Å². The van der Waals surface area contributed by atoms with Crippen LogP contribution in [0.4, 0.5) is 0 Å². The Morgan fingerprint density at radius 3 is 0.826 bits per heavy atom. The van der Waals surface area contributed by atoms with E-state index in [2.05, 4.69) is 31.3 Å². The average molecular weight is 1210 g/mol. The third-order valence-corrected chi connectivity index (χ3v) is 18.7. The van der Waals surface area contributed by atoms with E-state index in [-0.39, 0.29) is 18.5 Å². The van der Waals surface area contributed by atoms with Gasteiger partial charge < -0.3 is 20.3 Å². The van der Waals surface area contributed by atoms with Gasteiger partial charge in [-0.2, -0.15) is 0 Å². The van der Waals surface area contributed by atoms with Crippen molar-refractivity contribution in [3.8, 4) is 0 Å². The zero-order valence-corrected chi connectivity index (χ0v) is 58.6. The standard InChI is InChI=1S/C80H155NO5/c1-3-5-7-9-11-13-15-17-19-21-22-23-34-37-41-44-48-52-56-60-64-68-72-78(83)77(76-82)81-79(84)73-69-65-61-57-53-49-45-42-38-35-32-30-28-26-24-25-27-29-31-33-36-39-43-47-51-55-59-63-67-71-75-86-80(85)74-70-66-62-58-54-50-46-40-20-18-16-14-12-10-8-6-4-2/h25,27,68,72,77-78,82-83H,3-24,26,28-67,69-71,73-76H2,1-2H3,(H,81,84)/b27-25-,72-68+. The molecule has 0 rings (SSSR count). The number of amides is 1. The monoisotopic (exact) mass is 1210 g/mol. The van der Waals surface area contributed by atoms with Gasteiger partial charge in [0.1, 0.15) is 0 Å². The largest absolute Gasteiger partial charge is 0.466 e. The van der Waals surface area contributed by atoms with Crippen LogP contribution in [-0.2, 0) is 14.3 Å². The average Bonchev–Trinajstić information content (AvgIpc) is 3.59. The summed E-state index contributed by atoms with van der Waals surface area (Å²) in [5, 5.41) is 23.3. The molecule has 0 saturated carbocycles. The van der Waals surface area contributed by atoms with E-state index < -0.39 is 12.1 Å². The Bertz CT molecular complexity index is 1350. The number of unbranched alkanes of at least 4 members (excludes halogenated alkanes) is 62. The normalized spacial score (nSPS) is 12.6. The van der Waals surface area contributed by atoms with Crippen molar-refractivity contribution in [2.75, 3.05) is 13.2 Å². The Kier molecular flexibility index (Phi) is 74.3. The van der Waals surface area contributed by atoms with Gasteiger partial charge in [0, 0.05) is 12.8 Å². The highest BCUT2D eigenvalue weighted by Crippen LogP contribution is 2.20. The van der Waals surface area contributed by atoms with Gasteiger partial charge in [0.05, 0.1) is 25.4 Å². The fourth-order valence-electron chi connectivity index (χ4n) is 12.7. The molecular weight excluding hydrogens is 1050 g/mol. The fourth-order valence-corrected chi connectivity index (χ4v) is 12.7. The van der Waals surface area contributed by atoms with E-state index in [1.165, 1.54) is 385 Å². The maximum absolute atomic E-state index is 12.5. The molecule has 6 nitrogen and oxygen atoms in total. The predicted octanol–water partition coefficient (Wildman–Crippen LogP) is 26.0. The molecule has 0 bridgehead atoms. The van der Waals surface area contributed by atoms with E-state index in [1.54, 1.807) is 6.08 Å². The van der Waals surface area contributed by atoms with Gasteiger partial charge in [-0.15, -0.1) is 0 Å². The Labute approximate surface area is 539 Å². The van der Waals surface area contributed by atoms with Crippen molar-refractivity contribution in [1.82, 2.24) is 5.32 Å². The summed E-state index contributed by atoms with van der Waals surface area (Å²) in [4.78, 5) is 24.7. The zero-order valence-electron chi connectivity index (χ0n) is 58.6. The molecule has 0 spiro atoms. The fraction of sp³-hybridized carbons (Fsp3) is 0.925. The van der Waals surface area contributed by atoms with Gasteiger partial charge in [-0.1, -0.05) is 404 Å². The summed E-state index contributed by atoms with van der Waals surface area (Å²) in [7, 11) is 0.